The highest BCUT2D eigenvalue weighted by Crippen LogP contribution is 2.34. The third-order valence-electron chi connectivity index (χ3n) is 3.02. The fraction of sp³-hybridized carbons (Fsp3) is 0.500. The number of nitrogens with one attached hydrogen (secondary N) is 1. The molecule has 1 aromatic carbocycles. The van der Waals surface area contributed by atoms with E-state index in [0.717, 1.165) is 17.7 Å². The number of halogens is 4. The molecule has 96 valence electrons. The van der Waals surface area contributed by atoms with Crippen LogP contribution >= 0.6 is 15.9 Å². The summed E-state index contributed by atoms with van der Waals surface area (Å²) in [5.74, 6) is 0.136. The average molecular weight is 310 g/mol. The summed E-state index contributed by atoms with van der Waals surface area (Å²) in [6.45, 7) is 3.98. The Bertz CT molecular complexity index is 390. The Balaban J connectivity index is 3.06. The molecule has 0 aliphatic carbocycles. The van der Waals surface area contributed by atoms with Crippen molar-refractivity contribution in [1.82, 2.24) is 5.32 Å². The fourth-order valence-electron chi connectivity index (χ4n) is 1.59. The number of hydrogen-bond donors (Lipinski definition) is 1. The SMILES string of the molecule is CNC(C)C(C)c1ccc(C(F)(F)F)cc1Br. The first-order chi connectivity index (χ1) is 7.77. The van der Waals surface area contributed by atoms with Gasteiger partial charge in [0.25, 0.3) is 0 Å². The zero-order chi connectivity index (χ0) is 13.2. The number of likely N-dealkylation sites (N-methyl/N-ethyl adjacent to an activating group) is 1. The third kappa shape index (κ3) is 3.45. The molecule has 5 heteroatoms. The molecule has 0 spiro atoms. The first-order valence-corrected chi connectivity index (χ1v) is 6.10. The van der Waals surface area contributed by atoms with E-state index in [2.05, 4.69) is 21.2 Å². The number of rotatable bonds is 3. The van der Waals surface area contributed by atoms with E-state index in [1.807, 2.05) is 20.9 Å². The van der Waals surface area contributed by atoms with Crippen LogP contribution in [0.5, 0.6) is 0 Å². The highest BCUT2D eigenvalue weighted by Gasteiger charge is 2.31. The zero-order valence-electron chi connectivity index (χ0n) is 9.90. The van der Waals surface area contributed by atoms with Crippen LogP contribution in [0.4, 0.5) is 13.2 Å². The molecule has 0 heterocycles. The molecular weight excluding hydrogens is 295 g/mol. The van der Waals surface area contributed by atoms with E-state index < -0.39 is 11.7 Å². The summed E-state index contributed by atoms with van der Waals surface area (Å²) in [6, 6.07) is 3.99. The molecule has 0 bridgehead atoms. The van der Waals surface area contributed by atoms with Crippen LogP contribution in [0.3, 0.4) is 0 Å². The molecule has 0 aromatic heterocycles. The van der Waals surface area contributed by atoms with Crippen LogP contribution in [0.15, 0.2) is 22.7 Å². The molecule has 2 atom stereocenters. The van der Waals surface area contributed by atoms with Gasteiger partial charge in [0.15, 0.2) is 0 Å². The van der Waals surface area contributed by atoms with Crippen LogP contribution < -0.4 is 5.32 Å². The van der Waals surface area contributed by atoms with Gasteiger partial charge in [0.05, 0.1) is 5.56 Å². The molecule has 0 aliphatic rings. The van der Waals surface area contributed by atoms with Crippen molar-refractivity contribution in [3.63, 3.8) is 0 Å². The Hall–Kier alpha value is -0.550. The lowest BCUT2D eigenvalue weighted by atomic mass is 9.93. The van der Waals surface area contributed by atoms with Gasteiger partial charge >= 0.3 is 6.18 Å². The Labute approximate surface area is 108 Å². The molecular formula is C12H15BrF3N. The van der Waals surface area contributed by atoms with Crippen LogP contribution in [0.2, 0.25) is 0 Å². The molecule has 17 heavy (non-hydrogen) atoms. The van der Waals surface area contributed by atoms with Gasteiger partial charge in [0, 0.05) is 10.5 Å². The molecule has 1 aromatic rings. The van der Waals surface area contributed by atoms with E-state index in [1.54, 1.807) is 0 Å². The minimum absolute atomic E-state index is 0.136. The van der Waals surface area contributed by atoms with Crippen molar-refractivity contribution < 1.29 is 13.2 Å². The summed E-state index contributed by atoms with van der Waals surface area (Å²) in [6.07, 6.45) is -4.29. The van der Waals surface area contributed by atoms with E-state index in [1.165, 1.54) is 6.07 Å². The van der Waals surface area contributed by atoms with Crippen LogP contribution in [0, 0.1) is 0 Å². The maximum atomic E-state index is 12.5. The van der Waals surface area contributed by atoms with Gasteiger partial charge in [-0.1, -0.05) is 28.9 Å². The topological polar surface area (TPSA) is 12.0 Å². The van der Waals surface area contributed by atoms with Crippen LogP contribution in [0.1, 0.15) is 30.9 Å². The molecule has 2 unspecified atom stereocenters. The average Bonchev–Trinajstić information content (AvgIpc) is 2.25. The summed E-state index contributed by atoms with van der Waals surface area (Å²) in [7, 11) is 1.83. The van der Waals surface area contributed by atoms with E-state index in [0.29, 0.717) is 4.47 Å². The lowest BCUT2D eigenvalue weighted by Gasteiger charge is -2.21. The molecule has 0 aliphatic heterocycles. The van der Waals surface area contributed by atoms with Gasteiger partial charge in [-0.15, -0.1) is 0 Å². The maximum Gasteiger partial charge on any atom is 0.416 e. The Kier molecular flexibility index (Phi) is 4.61. The molecule has 0 amide bonds. The maximum absolute atomic E-state index is 12.5. The molecule has 0 saturated heterocycles. The van der Waals surface area contributed by atoms with Gasteiger partial charge in [-0.2, -0.15) is 13.2 Å². The first kappa shape index (κ1) is 14.5. The molecule has 1 nitrogen and oxygen atoms in total. The summed E-state index contributed by atoms with van der Waals surface area (Å²) in [4.78, 5) is 0. The van der Waals surface area contributed by atoms with E-state index in [4.69, 9.17) is 0 Å². The highest BCUT2D eigenvalue weighted by molar-refractivity contribution is 9.10. The van der Waals surface area contributed by atoms with Crippen molar-refractivity contribution in [3.8, 4) is 0 Å². The van der Waals surface area contributed by atoms with Crippen molar-refractivity contribution in [2.24, 2.45) is 0 Å². The van der Waals surface area contributed by atoms with Crippen molar-refractivity contribution in [3.05, 3.63) is 33.8 Å². The second kappa shape index (κ2) is 5.40. The van der Waals surface area contributed by atoms with Gasteiger partial charge in [0.2, 0.25) is 0 Å². The Morgan fingerprint density at radius 1 is 1.24 bits per heavy atom. The highest BCUT2D eigenvalue weighted by atomic mass is 79.9. The summed E-state index contributed by atoms with van der Waals surface area (Å²) < 4.78 is 38.0. The monoisotopic (exact) mass is 309 g/mol. The largest absolute Gasteiger partial charge is 0.416 e. The number of benzene rings is 1. The lowest BCUT2D eigenvalue weighted by molar-refractivity contribution is -0.137. The standard InChI is InChI=1S/C12H15BrF3N/c1-7(8(2)17-3)10-5-4-9(6-11(10)13)12(14,15)16/h4-8,17H,1-3H3. The molecule has 1 N–H and O–H groups in total. The van der Waals surface area contributed by atoms with Gasteiger partial charge < -0.3 is 5.32 Å². The van der Waals surface area contributed by atoms with Crippen molar-refractivity contribution in [1.29, 1.82) is 0 Å². The second-order valence-corrected chi connectivity index (χ2v) is 4.95. The lowest BCUT2D eigenvalue weighted by Crippen LogP contribution is -2.27. The van der Waals surface area contributed by atoms with Crippen LogP contribution in [-0.4, -0.2) is 13.1 Å². The van der Waals surface area contributed by atoms with Crippen molar-refractivity contribution in [2.45, 2.75) is 32.0 Å². The number of alkyl halides is 3. The third-order valence-corrected chi connectivity index (χ3v) is 3.71. The van der Waals surface area contributed by atoms with Gasteiger partial charge in [-0.05, 0) is 37.6 Å². The second-order valence-electron chi connectivity index (χ2n) is 4.10. The molecule has 0 saturated carbocycles. The van der Waals surface area contributed by atoms with E-state index in [9.17, 15) is 13.2 Å². The minimum Gasteiger partial charge on any atom is -0.317 e. The fourth-order valence-corrected chi connectivity index (χ4v) is 2.33. The van der Waals surface area contributed by atoms with Crippen LogP contribution in [0.25, 0.3) is 0 Å². The number of hydrogen-bond acceptors (Lipinski definition) is 1. The predicted octanol–water partition coefficient (Wildman–Crippen LogP) is 4.18. The molecule has 0 radical (unpaired) electrons. The Morgan fingerprint density at radius 2 is 1.82 bits per heavy atom. The summed E-state index contributed by atoms with van der Waals surface area (Å²) in [5, 5.41) is 3.09. The molecule has 1 rings (SSSR count). The van der Waals surface area contributed by atoms with Gasteiger partial charge in [-0.3, -0.25) is 0 Å². The van der Waals surface area contributed by atoms with Crippen molar-refractivity contribution in [2.75, 3.05) is 7.05 Å². The smallest absolute Gasteiger partial charge is 0.317 e. The zero-order valence-corrected chi connectivity index (χ0v) is 11.5. The van der Waals surface area contributed by atoms with Gasteiger partial charge in [-0.25, -0.2) is 0 Å². The normalized spacial score (nSPS) is 15.7. The quantitative estimate of drug-likeness (QED) is 0.883. The van der Waals surface area contributed by atoms with E-state index in [-0.39, 0.29) is 12.0 Å². The van der Waals surface area contributed by atoms with Gasteiger partial charge in [0.1, 0.15) is 0 Å². The molecule has 0 fully saturated rings. The summed E-state index contributed by atoms with van der Waals surface area (Å²) >= 11 is 3.21. The van der Waals surface area contributed by atoms with Crippen molar-refractivity contribution >= 4 is 15.9 Å². The summed E-state index contributed by atoms with van der Waals surface area (Å²) in [5.41, 5.74) is 0.247. The predicted molar refractivity (Wildman–Crippen MR) is 66.1 cm³/mol. The Morgan fingerprint density at radius 3 is 2.24 bits per heavy atom. The minimum atomic E-state index is -4.29. The first-order valence-electron chi connectivity index (χ1n) is 5.31. The van der Waals surface area contributed by atoms with Crippen LogP contribution in [-0.2, 0) is 6.18 Å². The van der Waals surface area contributed by atoms with E-state index >= 15 is 0 Å².